The van der Waals surface area contributed by atoms with Crippen LogP contribution in [-0.2, 0) is 14.8 Å². The third-order valence-electron chi connectivity index (χ3n) is 7.57. The second kappa shape index (κ2) is 9.76. The Morgan fingerprint density at radius 1 is 1.14 bits per heavy atom. The molecule has 1 saturated heterocycles. The number of nitrogens with two attached hydrogens (primary N) is 1. The summed E-state index contributed by atoms with van der Waals surface area (Å²) in [7, 11) is -3.33. The van der Waals surface area contributed by atoms with Crippen LogP contribution < -0.4 is 5.73 Å². The molecular weight excluding hydrogens is 462 g/mol. The van der Waals surface area contributed by atoms with Crippen molar-refractivity contribution in [1.29, 1.82) is 0 Å². The van der Waals surface area contributed by atoms with Gasteiger partial charge in [-0.25, -0.2) is 12.7 Å². The van der Waals surface area contributed by atoms with Crippen molar-refractivity contribution in [1.82, 2.24) is 9.29 Å². The van der Waals surface area contributed by atoms with Crippen LogP contribution in [0.2, 0.25) is 0 Å². The minimum absolute atomic E-state index is 0.0360. The normalized spacial score (nSPS) is 21.4. The molecule has 1 aliphatic carbocycles. The fraction of sp³-hybridized carbons (Fsp3) is 0.444. The van der Waals surface area contributed by atoms with Gasteiger partial charge in [-0.2, -0.15) is 0 Å². The van der Waals surface area contributed by atoms with Crippen molar-refractivity contribution in [2.24, 2.45) is 17.6 Å². The van der Waals surface area contributed by atoms with Crippen molar-refractivity contribution in [2.75, 3.05) is 32.1 Å². The quantitative estimate of drug-likeness (QED) is 0.436. The molecule has 186 valence electrons. The molecule has 7 nitrogen and oxygen atoms in total. The minimum atomic E-state index is -3.33. The molecule has 8 heteroatoms. The number of H-pyrrole nitrogens is 1. The number of primary amides is 1. The number of carbonyl (C=O) groups excluding carboxylic acids is 1. The number of sulfonamides is 1. The SMILES string of the molecule is CC1CC1COCCS(=O)(=O)N1CCC(c2c[nH]c3c(C(N)=O)cc(-c4ccccc4)cc23)CC1. The molecule has 2 atom stereocenters. The smallest absolute Gasteiger partial charge is 0.250 e. The van der Waals surface area contributed by atoms with Gasteiger partial charge in [0.2, 0.25) is 10.0 Å². The first-order chi connectivity index (χ1) is 16.8. The lowest BCUT2D eigenvalue weighted by molar-refractivity contribution is 0.100. The summed E-state index contributed by atoms with van der Waals surface area (Å²) in [4.78, 5) is 15.5. The van der Waals surface area contributed by atoms with Crippen molar-refractivity contribution in [3.8, 4) is 11.1 Å². The van der Waals surface area contributed by atoms with Crippen LogP contribution in [0.4, 0.5) is 0 Å². The summed E-state index contributed by atoms with van der Waals surface area (Å²) in [6, 6.07) is 13.9. The number of nitrogens with one attached hydrogen (secondary N) is 1. The highest BCUT2D eigenvalue weighted by Crippen LogP contribution is 2.38. The van der Waals surface area contributed by atoms with E-state index < -0.39 is 15.9 Å². The number of benzene rings is 2. The minimum Gasteiger partial charge on any atom is -0.380 e. The summed E-state index contributed by atoms with van der Waals surface area (Å²) >= 11 is 0. The van der Waals surface area contributed by atoms with Gasteiger partial charge in [-0.1, -0.05) is 37.3 Å². The molecule has 2 aromatic carbocycles. The molecule has 3 aromatic rings. The summed E-state index contributed by atoms with van der Waals surface area (Å²) in [5.41, 5.74) is 9.99. The Kier molecular flexibility index (Phi) is 6.70. The largest absolute Gasteiger partial charge is 0.380 e. The van der Waals surface area contributed by atoms with Gasteiger partial charge in [-0.05, 0) is 65.8 Å². The number of piperidine rings is 1. The topological polar surface area (TPSA) is 105 Å². The Labute approximate surface area is 206 Å². The molecule has 2 heterocycles. The van der Waals surface area contributed by atoms with Gasteiger partial charge in [-0.15, -0.1) is 0 Å². The predicted molar refractivity (Wildman–Crippen MR) is 138 cm³/mol. The van der Waals surface area contributed by atoms with Crippen molar-refractivity contribution in [2.45, 2.75) is 32.1 Å². The van der Waals surface area contributed by atoms with E-state index >= 15 is 0 Å². The number of carbonyl (C=O) groups is 1. The number of aromatic nitrogens is 1. The molecule has 1 amide bonds. The monoisotopic (exact) mass is 495 g/mol. The number of aromatic amines is 1. The Bertz CT molecular complexity index is 1310. The summed E-state index contributed by atoms with van der Waals surface area (Å²) in [6.07, 6.45) is 4.59. The van der Waals surface area contributed by atoms with Gasteiger partial charge in [0, 0.05) is 31.3 Å². The Balaban J connectivity index is 1.30. The van der Waals surface area contributed by atoms with E-state index in [9.17, 15) is 13.2 Å². The van der Waals surface area contributed by atoms with E-state index in [1.165, 1.54) is 6.42 Å². The standard InChI is InChI=1S/C27H33N3O4S/c1-18-13-22(18)17-34-11-12-35(32,33)30-9-7-20(8-10-30)25-16-29-26-23(25)14-21(15-24(26)27(28)31)19-5-3-2-4-6-19/h2-6,14-16,18,20,22,29H,7-13,17H2,1H3,(H2,28,31). The summed E-state index contributed by atoms with van der Waals surface area (Å²) in [5, 5.41) is 0.976. The van der Waals surface area contributed by atoms with Crippen LogP contribution in [0.25, 0.3) is 22.0 Å². The zero-order valence-corrected chi connectivity index (χ0v) is 20.9. The summed E-state index contributed by atoms with van der Waals surface area (Å²) < 4.78 is 32.9. The fourth-order valence-electron chi connectivity index (χ4n) is 5.19. The highest BCUT2D eigenvalue weighted by Gasteiger charge is 2.33. The fourth-order valence-corrected chi connectivity index (χ4v) is 6.54. The van der Waals surface area contributed by atoms with Gasteiger partial charge in [0.15, 0.2) is 0 Å². The van der Waals surface area contributed by atoms with Gasteiger partial charge in [0.05, 0.1) is 23.4 Å². The Morgan fingerprint density at radius 3 is 2.51 bits per heavy atom. The maximum Gasteiger partial charge on any atom is 0.250 e. The third kappa shape index (κ3) is 5.15. The second-order valence-corrected chi connectivity index (χ2v) is 12.0. The van der Waals surface area contributed by atoms with E-state index in [2.05, 4.69) is 18.0 Å². The third-order valence-corrected chi connectivity index (χ3v) is 9.41. The molecule has 0 radical (unpaired) electrons. The van der Waals surface area contributed by atoms with Crippen molar-refractivity contribution < 1.29 is 17.9 Å². The van der Waals surface area contributed by atoms with Gasteiger partial charge in [-0.3, -0.25) is 4.79 Å². The molecule has 1 aromatic heterocycles. The Hall–Kier alpha value is -2.68. The number of amides is 1. The molecule has 0 spiro atoms. The van der Waals surface area contributed by atoms with E-state index in [-0.39, 0.29) is 18.3 Å². The first-order valence-electron chi connectivity index (χ1n) is 12.4. The van der Waals surface area contributed by atoms with Crippen molar-refractivity contribution in [3.05, 3.63) is 59.8 Å². The van der Waals surface area contributed by atoms with Gasteiger partial charge >= 0.3 is 0 Å². The number of fused-ring (bicyclic) bond motifs is 1. The molecule has 5 rings (SSSR count). The zero-order chi connectivity index (χ0) is 24.6. The number of nitrogens with zero attached hydrogens (tertiary/aromatic N) is 1. The molecular formula is C27H33N3O4S. The highest BCUT2D eigenvalue weighted by atomic mass is 32.2. The van der Waals surface area contributed by atoms with Gasteiger partial charge in [0.1, 0.15) is 0 Å². The van der Waals surface area contributed by atoms with E-state index in [1.54, 1.807) is 4.31 Å². The van der Waals surface area contributed by atoms with Gasteiger partial charge < -0.3 is 15.5 Å². The van der Waals surface area contributed by atoms with E-state index in [0.717, 1.165) is 40.4 Å². The summed E-state index contributed by atoms with van der Waals surface area (Å²) in [5.74, 6) is 1.07. The van der Waals surface area contributed by atoms with Crippen molar-refractivity contribution in [3.63, 3.8) is 0 Å². The van der Waals surface area contributed by atoms with Crippen LogP contribution in [-0.4, -0.2) is 55.7 Å². The maximum atomic E-state index is 12.8. The van der Waals surface area contributed by atoms with Crippen LogP contribution in [0.5, 0.6) is 0 Å². The number of ether oxygens (including phenoxy) is 1. The first-order valence-corrected chi connectivity index (χ1v) is 14.0. The van der Waals surface area contributed by atoms with Crippen molar-refractivity contribution >= 4 is 26.8 Å². The lowest BCUT2D eigenvalue weighted by Gasteiger charge is -2.31. The average Bonchev–Trinajstić information content (AvgIpc) is 3.40. The molecule has 1 aliphatic heterocycles. The number of rotatable bonds is 9. The molecule has 35 heavy (non-hydrogen) atoms. The lowest BCUT2D eigenvalue weighted by atomic mass is 9.88. The Morgan fingerprint density at radius 2 is 1.86 bits per heavy atom. The highest BCUT2D eigenvalue weighted by molar-refractivity contribution is 7.89. The summed E-state index contributed by atoms with van der Waals surface area (Å²) in [6.45, 7) is 4.09. The van der Waals surface area contributed by atoms with Crippen LogP contribution in [0.3, 0.4) is 0 Å². The molecule has 3 N–H and O–H groups in total. The van der Waals surface area contributed by atoms with E-state index in [1.807, 2.05) is 42.6 Å². The van der Waals surface area contributed by atoms with Crippen LogP contribution in [0.15, 0.2) is 48.7 Å². The van der Waals surface area contributed by atoms with E-state index in [0.29, 0.717) is 37.1 Å². The lowest BCUT2D eigenvalue weighted by Crippen LogP contribution is -2.40. The zero-order valence-electron chi connectivity index (χ0n) is 20.1. The van der Waals surface area contributed by atoms with Gasteiger partial charge in [0.25, 0.3) is 5.91 Å². The predicted octanol–water partition coefficient (Wildman–Crippen LogP) is 4.12. The average molecular weight is 496 g/mol. The van der Waals surface area contributed by atoms with Crippen LogP contribution >= 0.6 is 0 Å². The molecule has 2 fully saturated rings. The van der Waals surface area contributed by atoms with E-state index in [4.69, 9.17) is 10.5 Å². The number of hydrogen-bond donors (Lipinski definition) is 2. The molecule has 1 saturated carbocycles. The second-order valence-electron chi connectivity index (χ2n) is 9.96. The number of hydrogen-bond acceptors (Lipinski definition) is 4. The van der Waals surface area contributed by atoms with Crippen LogP contribution in [0.1, 0.15) is 48.0 Å². The maximum absolute atomic E-state index is 12.8. The first kappa shape index (κ1) is 24.0. The molecule has 2 aliphatic rings. The molecule has 2 unspecified atom stereocenters. The molecule has 0 bridgehead atoms. The van der Waals surface area contributed by atoms with Crippen LogP contribution in [0, 0.1) is 11.8 Å².